The zero-order valence-electron chi connectivity index (χ0n) is 48.1. The molecule has 0 bridgehead atoms. The van der Waals surface area contributed by atoms with Crippen LogP contribution in [0.3, 0.4) is 0 Å². The minimum atomic E-state index is -1.57. The molecule has 7 unspecified atom stereocenters. The van der Waals surface area contributed by atoms with Crippen molar-refractivity contribution in [1.82, 2.24) is 5.32 Å². The molecule has 1 fully saturated rings. The van der Waals surface area contributed by atoms with Crippen LogP contribution in [-0.2, 0) is 14.3 Å². The molecule has 0 spiro atoms. The lowest BCUT2D eigenvalue weighted by Crippen LogP contribution is -2.60. The summed E-state index contributed by atoms with van der Waals surface area (Å²) in [6, 6.07) is -0.811. The van der Waals surface area contributed by atoms with Crippen molar-refractivity contribution >= 4 is 5.91 Å². The molecule has 1 saturated heterocycles. The number of amides is 1. The number of rotatable bonds is 54. The number of carbonyl (C=O) groups excluding carboxylic acids is 1. The van der Waals surface area contributed by atoms with Gasteiger partial charge in [0.2, 0.25) is 5.91 Å². The van der Waals surface area contributed by atoms with Crippen LogP contribution < -0.4 is 5.32 Å². The Hall–Kier alpha value is -2.11. The van der Waals surface area contributed by atoms with Crippen molar-refractivity contribution in [1.29, 1.82) is 0 Å². The fourth-order valence-corrected chi connectivity index (χ4v) is 9.92. The van der Waals surface area contributed by atoms with E-state index in [4.69, 9.17) is 9.47 Å². The minimum Gasteiger partial charge on any atom is -0.394 e. The number of aliphatic hydroxyl groups excluding tert-OH is 5. The summed E-state index contributed by atoms with van der Waals surface area (Å²) in [5.41, 5.74) is 0. The summed E-state index contributed by atoms with van der Waals surface area (Å²) in [6.07, 6.45) is 67.3. The predicted molar refractivity (Wildman–Crippen MR) is 313 cm³/mol. The third-order valence-corrected chi connectivity index (χ3v) is 14.8. The average Bonchev–Trinajstić information content (AvgIpc) is 3.40. The molecular weight excluding hydrogens is 923 g/mol. The second-order valence-corrected chi connectivity index (χ2v) is 21.8. The highest BCUT2D eigenvalue weighted by Crippen LogP contribution is 2.23. The van der Waals surface area contributed by atoms with Gasteiger partial charge in [-0.25, -0.2) is 0 Å². The Morgan fingerprint density at radius 1 is 0.473 bits per heavy atom. The molecule has 0 saturated carbocycles. The molecule has 6 N–H and O–H groups in total. The van der Waals surface area contributed by atoms with Crippen LogP contribution in [0.15, 0.2) is 60.8 Å². The maximum absolute atomic E-state index is 13.1. The van der Waals surface area contributed by atoms with E-state index in [1.165, 1.54) is 199 Å². The van der Waals surface area contributed by atoms with Crippen LogP contribution in [0.5, 0.6) is 0 Å². The third kappa shape index (κ3) is 42.9. The van der Waals surface area contributed by atoms with E-state index in [1.807, 2.05) is 6.08 Å². The van der Waals surface area contributed by atoms with Crippen molar-refractivity contribution < 1.29 is 39.8 Å². The first-order valence-corrected chi connectivity index (χ1v) is 31.5. The van der Waals surface area contributed by atoms with Crippen LogP contribution in [0.1, 0.15) is 290 Å². The Kier molecular flexibility index (Phi) is 51.3. The Balaban J connectivity index is 2.19. The zero-order valence-corrected chi connectivity index (χ0v) is 48.1. The number of aliphatic hydroxyl groups is 5. The van der Waals surface area contributed by atoms with Gasteiger partial charge in [-0.2, -0.15) is 0 Å². The van der Waals surface area contributed by atoms with E-state index in [2.05, 4.69) is 67.8 Å². The molecule has 0 aromatic rings. The smallest absolute Gasteiger partial charge is 0.220 e. The maximum Gasteiger partial charge on any atom is 0.220 e. The topological polar surface area (TPSA) is 149 Å². The SMILES string of the molecule is CC/C=C\C/C=C\C/C=C\C/C=C\CCCCCCCCCCCCC(=O)NC(COC1OC(CO)C(O)C(O)C1O)C(O)/C=C/CCCCCCCCCCCCCCCCCCCCCCCCCCCC. The van der Waals surface area contributed by atoms with E-state index in [0.29, 0.717) is 6.42 Å². The van der Waals surface area contributed by atoms with Gasteiger partial charge in [0.25, 0.3) is 0 Å². The van der Waals surface area contributed by atoms with E-state index in [1.54, 1.807) is 6.08 Å². The van der Waals surface area contributed by atoms with Crippen LogP contribution in [0.4, 0.5) is 0 Å². The van der Waals surface area contributed by atoms with Crippen LogP contribution >= 0.6 is 0 Å². The normalized spacial score (nSPS) is 19.4. The Morgan fingerprint density at radius 2 is 0.838 bits per heavy atom. The molecule has 0 radical (unpaired) electrons. The molecule has 74 heavy (non-hydrogen) atoms. The molecule has 1 heterocycles. The molecule has 1 aliphatic heterocycles. The van der Waals surface area contributed by atoms with Crippen molar-refractivity contribution in [3.8, 4) is 0 Å². The molecule has 1 amide bonds. The molecule has 0 aromatic heterocycles. The zero-order chi connectivity index (χ0) is 53.6. The van der Waals surface area contributed by atoms with Gasteiger partial charge >= 0.3 is 0 Å². The summed E-state index contributed by atoms with van der Waals surface area (Å²) in [4.78, 5) is 13.1. The van der Waals surface area contributed by atoms with Crippen molar-refractivity contribution in [2.75, 3.05) is 13.2 Å². The van der Waals surface area contributed by atoms with Crippen molar-refractivity contribution in [3.05, 3.63) is 60.8 Å². The number of ether oxygens (including phenoxy) is 2. The van der Waals surface area contributed by atoms with Gasteiger partial charge in [-0.1, -0.05) is 286 Å². The summed E-state index contributed by atoms with van der Waals surface area (Å²) < 4.78 is 11.3. The fraction of sp³-hybridized carbons (Fsp3) is 0.831. The summed E-state index contributed by atoms with van der Waals surface area (Å²) in [6.45, 7) is 3.70. The highest BCUT2D eigenvalue weighted by atomic mass is 16.7. The summed E-state index contributed by atoms with van der Waals surface area (Å²) >= 11 is 0. The van der Waals surface area contributed by atoms with Gasteiger partial charge in [0.15, 0.2) is 6.29 Å². The Labute approximate surface area is 456 Å². The van der Waals surface area contributed by atoms with E-state index in [0.717, 1.165) is 70.6 Å². The lowest BCUT2D eigenvalue weighted by atomic mass is 9.99. The van der Waals surface area contributed by atoms with Gasteiger partial charge < -0.3 is 40.3 Å². The number of allylic oxidation sites excluding steroid dienone is 9. The van der Waals surface area contributed by atoms with Crippen molar-refractivity contribution in [2.45, 2.75) is 333 Å². The van der Waals surface area contributed by atoms with Gasteiger partial charge in [0.1, 0.15) is 24.4 Å². The van der Waals surface area contributed by atoms with E-state index in [-0.39, 0.29) is 12.5 Å². The molecule has 1 aliphatic rings. The first-order valence-electron chi connectivity index (χ1n) is 31.5. The van der Waals surface area contributed by atoms with Crippen molar-refractivity contribution in [3.63, 3.8) is 0 Å². The van der Waals surface area contributed by atoms with E-state index >= 15 is 0 Å². The molecule has 9 heteroatoms. The number of hydrogen-bond acceptors (Lipinski definition) is 8. The largest absolute Gasteiger partial charge is 0.394 e. The lowest BCUT2D eigenvalue weighted by molar-refractivity contribution is -0.302. The third-order valence-electron chi connectivity index (χ3n) is 14.8. The Bertz CT molecular complexity index is 1350. The molecule has 0 aliphatic carbocycles. The summed E-state index contributed by atoms with van der Waals surface area (Å²) in [5.74, 6) is -0.180. The first-order chi connectivity index (χ1) is 36.3. The minimum absolute atomic E-state index is 0.180. The fourth-order valence-electron chi connectivity index (χ4n) is 9.92. The molecule has 7 atom stereocenters. The van der Waals surface area contributed by atoms with Crippen LogP contribution in [0, 0.1) is 0 Å². The van der Waals surface area contributed by atoms with Gasteiger partial charge in [-0.05, 0) is 57.8 Å². The summed E-state index contributed by atoms with van der Waals surface area (Å²) in [7, 11) is 0. The first kappa shape index (κ1) is 69.9. The van der Waals surface area contributed by atoms with Gasteiger partial charge in [-0.3, -0.25) is 4.79 Å². The number of hydrogen-bond donors (Lipinski definition) is 6. The monoisotopic (exact) mass is 1040 g/mol. The second kappa shape index (κ2) is 54.3. The maximum atomic E-state index is 13.1. The van der Waals surface area contributed by atoms with Gasteiger partial charge in [-0.15, -0.1) is 0 Å². The van der Waals surface area contributed by atoms with E-state index in [9.17, 15) is 30.3 Å². The molecule has 432 valence electrons. The summed E-state index contributed by atoms with van der Waals surface area (Å²) in [5, 5.41) is 54.7. The quantitative estimate of drug-likeness (QED) is 0.0261. The molecule has 1 rings (SSSR count). The molecular formula is C65H119NO8. The second-order valence-electron chi connectivity index (χ2n) is 21.8. The highest BCUT2D eigenvalue weighted by Gasteiger charge is 2.44. The predicted octanol–water partition coefficient (Wildman–Crippen LogP) is 16.2. The standard InChI is InChI=1S/C65H119NO8/c1-3-5-7-9-11-13-15-17-19-21-23-25-27-28-29-30-31-33-34-36-38-40-42-44-46-48-50-52-54-59(68)58(57-73-65-64(72)63(71)62(70)60(56-67)74-65)66-61(69)55-53-51-49-47-45-43-41-39-37-35-32-26-24-22-20-18-16-14-12-10-8-6-4-2/h6,8,12,14,18,20,24,26,52,54,58-60,62-65,67-68,70-72H,3-5,7,9-11,13,15-17,19,21-23,25,27-51,53,55-57H2,1-2H3,(H,66,69)/b8-6-,14-12-,20-18-,26-24-,54-52+. The van der Waals surface area contributed by atoms with Crippen LogP contribution in [0.2, 0.25) is 0 Å². The highest BCUT2D eigenvalue weighted by molar-refractivity contribution is 5.76. The molecule has 9 nitrogen and oxygen atoms in total. The number of unbranched alkanes of at least 4 members (excludes halogenated alkanes) is 36. The van der Waals surface area contributed by atoms with Crippen LogP contribution in [0.25, 0.3) is 0 Å². The molecule has 0 aromatic carbocycles. The van der Waals surface area contributed by atoms with Gasteiger partial charge in [0.05, 0.1) is 25.4 Å². The van der Waals surface area contributed by atoms with Gasteiger partial charge in [0, 0.05) is 6.42 Å². The lowest BCUT2D eigenvalue weighted by Gasteiger charge is -2.40. The van der Waals surface area contributed by atoms with Crippen molar-refractivity contribution in [2.24, 2.45) is 0 Å². The Morgan fingerprint density at radius 3 is 1.24 bits per heavy atom. The number of nitrogens with one attached hydrogen (secondary N) is 1. The number of carbonyl (C=O) groups is 1. The average molecular weight is 1040 g/mol. The van der Waals surface area contributed by atoms with E-state index < -0.39 is 49.5 Å². The van der Waals surface area contributed by atoms with Crippen LogP contribution in [-0.4, -0.2) is 87.5 Å².